The summed E-state index contributed by atoms with van der Waals surface area (Å²) in [5.74, 6) is -0.458. The number of aromatic nitrogens is 1. The molecule has 0 spiro atoms. The van der Waals surface area contributed by atoms with Crippen LogP contribution >= 0.6 is 0 Å². The highest BCUT2D eigenvalue weighted by Crippen LogP contribution is 2.38. The Morgan fingerprint density at radius 1 is 1.36 bits per heavy atom. The second kappa shape index (κ2) is 5.99. The first-order valence-electron chi connectivity index (χ1n) is 7.28. The summed E-state index contributed by atoms with van der Waals surface area (Å²) in [6.07, 6.45) is 2.93. The first kappa shape index (κ1) is 16.9. The van der Waals surface area contributed by atoms with Gasteiger partial charge < -0.3 is 20.4 Å². The summed E-state index contributed by atoms with van der Waals surface area (Å²) < 4.78 is 25.2. The lowest BCUT2D eigenvalue weighted by Crippen LogP contribution is -2.41. The topological polar surface area (TPSA) is 69.4 Å². The van der Waals surface area contributed by atoms with E-state index in [-0.39, 0.29) is 5.69 Å². The van der Waals surface area contributed by atoms with Crippen molar-refractivity contribution in [1.82, 2.24) is 10.3 Å². The maximum Gasteiger partial charge on any atom is 0.491 e. The van der Waals surface area contributed by atoms with Crippen LogP contribution in [-0.2, 0) is 9.31 Å². The highest BCUT2D eigenvalue weighted by Gasteiger charge is 2.52. The fourth-order valence-electron chi connectivity index (χ4n) is 2.16. The first-order chi connectivity index (χ1) is 10.2. The summed E-state index contributed by atoms with van der Waals surface area (Å²) in [6, 6.07) is 1.25. The van der Waals surface area contributed by atoms with Crippen LogP contribution in [0.25, 0.3) is 6.08 Å². The standard InChI is InChI=1S/C15H23BFN3O2/c1-14(2)15(3,4)22-16(21-14)10(8-19-5)6-13-12(18)7-11(17)9-20-13/h6-7,9,19H,8,18H2,1-5H3. The van der Waals surface area contributed by atoms with E-state index >= 15 is 0 Å². The first-order valence-corrected chi connectivity index (χ1v) is 7.28. The Balaban J connectivity index is 2.33. The summed E-state index contributed by atoms with van der Waals surface area (Å²) >= 11 is 0. The Kier molecular flexibility index (Phi) is 4.61. The third kappa shape index (κ3) is 3.32. The number of anilines is 1. The lowest BCUT2D eigenvalue weighted by atomic mass is 9.77. The molecule has 2 heterocycles. The molecular weight excluding hydrogens is 284 g/mol. The Morgan fingerprint density at radius 3 is 2.45 bits per heavy atom. The predicted octanol–water partition coefficient (Wildman–Crippen LogP) is 2.04. The van der Waals surface area contributed by atoms with Gasteiger partial charge in [0.2, 0.25) is 0 Å². The summed E-state index contributed by atoms with van der Waals surface area (Å²) in [5.41, 5.74) is 6.61. The largest absolute Gasteiger partial charge is 0.491 e. The Bertz CT molecular complexity index is 574. The van der Waals surface area contributed by atoms with E-state index in [1.165, 1.54) is 6.07 Å². The van der Waals surface area contributed by atoms with Crippen LogP contribution in [0.2, 0.25) is 0 Å². The van der Waals surface area contributed by atoms with Crippen molar-refractivity contribution in [2.24, 2.45) is 0 Å². The van der Waals surface area contributed by atoms with Crippen molar-refractivity contribution in [3.8, 4) is 0 Å². The van der Waals surface area contributed by atoms with Gasteiger partial charge in [-0.05, 0) is 46.3 Å². The van der Waals surface area contributed by atoms with E-state index in [0.29, 0.717) is 12.2 Å². The maximum atomic E-state index is 13.1. The molecular formula is C15H23BFN3O2. The van der Waals surface area contributed by atoms with Gasteiger partial charge in [-0.25, -0.2) is 4.39 Å². The average molecular weight is 307 g/mol. The molecule has 1 aliphatic rings. The van der Waals surface area contributed by atoms with Gasteiger partial charge in [0, 0.05) is 12.6 Å². The predicted molar refractivity (Wildman–Crippen MR) is 86.6 cm³/mol. The van der Waals surface area contributed by atoms with Crippen molar-refractivity contribution in [3.63, 3.8) is 0 Å². The second-order valence-electron chi connectivity index (χ2n) is 6.47. The molecule has 22 heavy (non-hydrogen) atoms. The zero-order valence-electron chi connectivity index (χ0n) is 13.7. The molecule has 7 heteroatoms. The molecule has 0 aromatic carbocycles. The van der Waals surface area contributed by atoms with E-state index < -0.39 is 24.1 Å². The minimum atomic E-state index is -0.497. The molecule has 1 saturated heterocycles. The molecule has 1 aliphatic heterocycles. The van der Waals surface area contributed by atoms with Crippen LogP contribution in [0.1, 0.15) is 33.4 Å². The molecule has 0 saturated carbocycles. The molecule has 0 atom stereocenters. The van der Waals surface area contributed by atoms with Gasteiger partial charge in [-0.1, -0.05) is 0 Å². The second-order valence-corrected chi connectivity index (χ2v) is 6.47. The molecule has 1 aromatic rings. The van der Waals surface area contributed by atoms with E-state index in [1.54, 1.807) is 6.08 Å². The van der Waals surface area contributed by atoms with Crippen molar-refractivity contribution in [1.29, 1.82) is 0 Å². The van der Waals surface area contributed by atoms with E-state index in [4.69, 9.17) is 15.0 Å². The molecule has 5 nitrogen and oxygen atoms in total. The van der Waals surface area contributed by atoms with E-state index in [1.807, 2.05) is 34.7 Å². The Labute approximate surface area is 131 Å². The van der Waals surface area contributed by atoms with Crippen LogP contribution < -0.4 is 11.1 Å². The maximum absolute atomic E-state index is 13.1. The highest BCUT2D eigenvalue weighted by atomic mass is 19.1. The Hall–Kier alpha value is -1.44. The number of nitrogen functional groups attached to an aromatic ring is 1. The minimum Gasteiger partial charge on any atom is -0.400 e. The van der Waals surface area contributed by atoms with Gasteiger partial charge in [-0.3, -0.25) is 4.98 Å². The molecule has 0 radical (unpaired) electrons. The summed E-state index contributed by atoms with van der Waals surface area (Å²) in [7, 11) is 1.34. The zero-order valence-corrected chi connectivity index (χ0v) is 13.7. The molecule has 3 N–H and O–H groups in total. The van der Waals surface area contributed by atoms with Crippen LogP contribution in [0.4, 0.5) is 10.1 Å². The fraction of sp³-hybridized carbons (Fsp3) is 0.533. The lowest BCUT2D eigenvalue weighted by Gasteiger charge is -2.32. The van der Waals surface area contributed by atoms with E-state index in [2.05, 4.69) is 10.3 Å². The molecule has 0 bridgehead atoms. The summed E-state index contributed by atoms with van der Waals surface area (Å²) in [5, 5.41) is 3.08. The normalized spacial score (nSPS) is 20.5. The van der Waals surface area contributed by atoms with Gasteiger partial charge in [0.1, 0.15) is 5.82 Å². The van der Waals surface area contributed by atoms with Crippen LogP contribution in [0.15, 0.2) is 17.7 Å². The van der Waals surface area contributed by atoms with Crippen molar-refractivity contribution in [3.05, 3.63) is 29.2 Å². The zero-order chi connectivity index (χ0) is 16.5. The van der Waals surface area contributed by atoms with Crippen molar-refractivity contribution >= 4 is 18.9 Å². The third-order valence-electron chi connectivity index (χ3n) is 4.18. The van der Waals surface area contributed by atoms with Crippen molar-refractivity contribution in [2.45, 2.75) is 38.9 Å². The highest BCUT2D eigenvalue weighted by molar-refractivity contribution is 6.55. The third-order valence-corrected chi connectivity index (χ3v) is 4.18. The number of pyridine rings is 1. The number of nitrogens with one attached hydrogen (secondary N) is 1. The number of nitrogens with two attached hydrogens (primary N) is 1. The van der Waals surface area contributed by atoms with Gasteiger partial charge in [0.05, 0.1) is 28.8 Å². The lowest BCUT2D eigenvalue weighted by molar-refractivity contribution is 0.00578. The number of hydrogen-bond acceptors (Lipinski definition) is 5. The minimum absolute atomic E-state index is 0.283. The molecule has 1 fully saturated rings. The summed E-state index contributed by atoms with van der Waals surface area (Å²) in [4.78, 5) is 4.03. The number of halogens is 1. The molecule has 0 amide bonds. The molecule has 0 unspecified atom stereocenters. The molecule has 120 valence electrons. The number of nitrogens with zero attached hydrogens (tertiary/aromatic N) is 1. The van der Waals surface area contributed by atoms with Crippen LogP contribution in [0, 0.1) is 5.82 Å². The molecule has 0 aliphatic carbocycles. The quantitative estimate of drug-likeness (QED) is 0.833. The summed E-state index contributed by atoms with van der Waals surface area (Å²) in [6.45, 7) is 8.53. The molecule has 2 rings (SSSR count). The number of rotatable bonds is 4. The monoisotopic (exact) mass is 307 g/mol. The van der Waals surface area contributed by atoms with Crippen LogP contribution in [0.5, 0.6) is 0 Å². The average Bonchev–Trinajstić information content (AvgIpc) is 2.61. The van der Waals surface area contributed by atoms with Crippen molar-refractivity contribution in [2.75, 3.05) is 19.3 Å². The van der Waals surface area contributed by atoms with E-state index in [9.17, 15) is 4.39 Å². The molecule has 1 aromatic heterocycles. The van der Waals surface area contributed by atoms with Gasteiger partial charge in [-0.2, -0.15) is 0 Å². The van der Waals surface area contributed by atoms with Crippen LogP contribution in [0.3, 0.4) is 0 Å². The fourth-order valence-corrected chi connectivity index (χ4v) is 2.16. The SMILES string of the molecule is CNCC(=Cc1ncc(F)cc1N)B1OC(C)(C)C(C)(C)O1. The van der Waals surface area contributed by atoms with Crippen molar-refractivity contribution < 1.29 is 13.7 Å². The van der Waals surface area contributed by atoms with Gasteiger partial charge in [0.15, 0.2) is 0 Å². The Morgan fingerprint density at radius 2 is 1.95 bits per heavy atom. The smallest absolute Gasteiger partial charge is 0.400 e. The number of hydrogen-bond donors (Lipinski definition) is 2. The van der Waals surface area contributed by atoms with Gasteiger partial charge in [-0.15, -0.1) is 0 Å². The van der Waals surface area contributed by atoms with Gasteiger partial charge >= 0.3 is 7.12 Å². The number of likely N-dealkylation sites (N-methyl/N-ethyl adjacent to an activating group) is 1. The van der Waals surface area contributed by atoms with E-state index in [0.717, 1.165) is 11.7 Å². The van der Waals surface area contributed by atoms with Gasteiger partial charge in [0.25, 0.3) is 0 Å². The van der Waals surface area contributed by atoms with Crippen LogP contribution in [-0.4, -0.2) is 36.9 Å².